The zero-order valence-corrected chi connectivity index (χ0v) is 21.1. The Morgan fingerprint density at radius 2 is 1.79 bits per heavy atom. The monoisotopic (exact) mass is 523 g/mol. The van der Waals surface area contributed by atoms with Crippen LogP contribution < -0.4 is 15.4 Å². The number of benzene rings is 1. The lowest BCUT2D eigenvalue weighted by molar-refractivity contribution is -0.638. The molecule has 39 heavy (non-hydrogen) atoms. The summed E-state index contributed by atoms with van der Waals surface area (Å²) in [4.78, 5) is 54.8. The average molecular weight is 524 g/mol. The maximum Gasteiger partial charge on any atom is 0.270 e. The third-order valence-electron chi connectivity index (χ3n) is 11.2. The van der Waals surface area contributed by atoms with Crippen molar-refractivity contribution in [2.45, 2.75) is 19.9 Å². The topological polar surface area (TPSA) is 132 Å². The lowest BCUT2D eigenvalue weighted by Crippen LogP contribution is -3.11. The lowest BCUT2D eigenvalue weighted by Gasteiger charge is -3.11. The first-order valence-electron chi connectivity index (χ1n) is 13.6. The van der Waals surface area contributed by atoms with Gasteiger partial charge in [-0.1, -0.05) is 6.07 Å². The summed E-state index contributed by atoms with van der Waals surface area (Å²) in [5.74, 6) is 3.86. The number of nitrogens with zero attached hydrogens (tertiary/aromatic N) is 3. The van der Waals surface area contributed by atoms with Crippen LogP contribution in [0.5, 0.6) is 5.75 Å². The molecule has 2 N–H and O–H groups in total. The maximum atomic E-state index is 13.4. The second-order valence-corrected chi connectivity index (χ2v) is 12.2. The van der Waals surface area contributed by atoms with E-state index in [2.05, 4.69) is 20.7 Å². The van der Waals surface area contributed by atoms with Crippen LogP contribution in [0.15, 0.2) is 36.5 Å². The molecule has 6 fully saturated rings. The smallest absolute Gasteiger partial charge is 0.270 e. The molecule has 3 heterocycles. The van der Waals surface area contributed by atoms with Gasteiger partial charge < -0.3 is 15.4 Å². The van der Waals surface area contributed by atoms with E-state index in [9.17, 15) is 19.2 Å². The quantitative estimate of drug-likeness (QED) is 0.476. The molecule has 0 radical (unpaired) electrons. The molecule has 10 nitrogen and oxygen atoms in total. The van der Waals surface area contributed by atoms with Gasteiger partial charge in [-0.3, -0.25) is 19.2 Å². The highest BCUT2D eigenvalue weighted by Gasteiger charge is 3.10. The summed E-state index contributed by atoms with van der Waals surface area (Å²) in [5.41, 5.74) is 2.66. The van der Waals surface area contributed by atoms with Crippen molar-refractivity contribution in [3.05, 3.63) is 59.0 Å². The summed E-state index contributed by atoms with van der Waals surface area (Å²) >= 11 is 0. The Labute approximate surface area is 222 Å². The van der Waals surface area contributed by atoms with Crippen LogP contribution in [0.4, 0.5) is 0 Å². The number of aromatic nitrogens is 3. The minimum atomic E-state index is -0.409. The Kier molecular flexibility index (Phi) is 3.76. The number of fused-ring (bicyclic) bond motifs is 2. The molecule has 7 aliphatic rings. The first kappa shape index (κ1) is 21.8. The highest BCUT2D eigenvalue weighted by atomic mass is 16.5. The van der Waals surface area contributed by atoms with Crippen molar-refractivity contribution in [2.75, 3.05) is 13.2 Å². The van der Waals surface area contributed by atoms with E-state index < -0.39 is 5.91 Å². The molecule has 0 saturated heterocycles. The number of carbonyl (C=O) groups excluding carboxylic acids is 4. The fourth-order valence-electron chi connectivity index (χ4n) is 10.0. The van der Waals surface area contributed by atoms with Crippen LogP contribution in [0, 0.1) is 46.3 Å². The van der Waals surface area contributed by atoms with Gasteiger partial charge >= 0.3 is 0 Å². The van der Waals surface area contributed by atoms with Crippen molar-refractivity contribution in [3.8, 4) is 5.75 Å². The Balaban J connectivity index is 0.905. The summed E-state index contributed by atoms with van der Waals surface area (Å²) < 4.78 is 6.89. The molecular weight excluding hydrogens is 498 g/mol. The van der Waals surface area contributed by atoms with E-state index in [-0.39, 0.29) is 47.1 Å². The number of Topliss-reactive ketones (excluding diaryl/α,β-unsaturated/α-hetero) is 2. The molecule has 10 rings (SSSR count). The van der Waals surface area contributed by atoms with E-state index in [1.165, 1.54) is 10.6 Å². The molecule has 1 aromatic carbocycles. The number of carbonyl (C=O) groups is 4. The second-order valence-electron chi connectivity index (χ2n) is 12.2. The molecule has 0 bridgehead atoms. The summed E-state index contributed by atoms with van der Waals surface area (Å²) in [7, 11) is 0. The minimum Gasteiger partial charge on any atom is -0.486 e. The van der Waals surface area contributed by atoms with Crippen LogP contribution >= 0.6 is 0 Å². The Morgan fingerprint density at radius 3 is 2.54 bits per heavy atom. The summed E-state index contributed by atoms with van der Waals surface area (Å²) in [6, 6.07) is 8.66. The number of hydrogen-bond donors (Lipinski definition) is 2. The van der Waals surface area contributed by atoms with Gasteiger partial charge in [0, 0.05) is 42.6 Å². The fraction of sp³-hybridized carbons (Fsp3) is 0.448. The third kappa shape index (κ3) is 2.21. The number of ether oxygens (including phenoxy) is 1. The van der Waals surface area contributed by atoms with Gasteiger partial charge in [0.15, 0.2) is 11.4 Å². The maximum absolute atomic E-state index is 13.4. The van der Waals surface area contributed by atoms with Gasteiger partial charge in [-0.15, -0.1) is 0 Å². The zero-order valence-electron chi connectivity index (χ0n) is 21.1. The Morgan fingerprint density at radius 1 is 1.03 bits per heavy atom. The molecule has 10 heteroatoms. The van der Waals surface area contributed by atoms with Gasteiger partial charge in [0.1, 0.15) is 29.5 Å². The Hall–Kier alpha value is -4.08. The number of amides is 2. The van der Waals surface area contributed by atoms with E-state index in [4.69, 9.17) is 4.74 Å². The van der Waals surface area contributed by atoms with E-state index >= 15 is 0 Å². The molecular formula is C29H25N5O5. The van der Waals surface area contributed by atoms with E-state index in [1.54, 1.807) is 19.2 Å². The molecule has 2 amide bonds. The first-order chi connectivity index (χ1) is 18.9. The molecule has 0 atom stereocenters. The largest absolute Gasteiger partial charge is 0.486 e. The van der Waals surface area contributed by atoms with Gasteiger partial charge in [0.05, 0.1) is 6.20 Å². The van der Waals surface area contributed by atoms with Crippen molar-refractivity contribution >= 4 is 29.0 Å². The van der Waals surface area contributed by atoms with Gasteiger partial charge in [-0.2, -0.15) is 5.10 Å². The van der Waals surface area contributed by atoms with Gasteiger partial charge in [-0.25, -0.2) is 9.50 Å². The van der Waals surface area contributed by atoms with Gasteiger partial charge in [0.2, 0.25) is 0 Å². The van der Waals surface area contributed by atoms with Crippen LogP contribution in [-0.4, -0.2) is 51.1 Å². The number of hydrogen-bond acceptors (Lipinski definition) is 7. The van der Waals surface area contributed by atoms with Crippen molar-refractivity contribution in [2.24, 2.45) is 46.3 Å². The molecule has 6 saturated carbocycles. The molecule has 1 aliphatic heterocycles. The van der Waals surface area contributed by atoms with Crippen LogP contribution in [-0.2, 0) is 22.6 Å². The molecule has 6 aliphatic carbocycles. The lowest BCUT2D eigenvalue weighted by atomic mass is 8.92. The van der Waals surface area contributed by atoms with Crippen molar-refractivity contribution in [1.82, 2.24) is 25.2 Å². The predicted molar refractivity (Wildman–Crippen MR) is 134 cm³/mol. The van der Waals surface area contributed by atoms with Gasteiger partial charge in [0.25, 0.3) is 11.8 Å². The molecule has 3 aromatic rings. The summed E-state index contributed by atoms with van der Waals surface area (Å²) in [6.07, 6.45) is 1.87. The Bertz CT molecular complexity index is 1650. The summed E-state index contributed by atoms with van der Waals surface area (Å²) in [5, 5.41) is 10.2. The number of rotatable bonds is 7. The van der Waals surface area contributed by atoms with E-state index in [0.29, 0.717) is 65.7 Å². The third-order valence-corrected chi connectivity index (χ3v) is 11.2. The van der Waals surface area contributed by atoms with Crippen molar-refractivity contribution in [3.63, 3.8) is 0 Å². The molecule has 0 spiro atoms. The second kappa shape index (κ2) is 6.73. The zero-order chi connectivity index (χ0) is 26.4. The van der Waals surface area contributed by atoms with Crippen LogP contribution in [0.2, 0.25) is 0 Å². The van der Waals surface area contributed by atoms with Crippen LogP contribution in [0.25, 0.3) is 5.65 Å². The fourth-order valence-corrected chi connectivity index (χ4v) is 10.0. The first-order valence-corrected chi connectivity index (χ1v) is 13.6. The normalized spacial score (nSPS) is 36.6. The average Bonchev–Trinajstić information content (AvgIpc) is 3.42. The highest BCUT2D eigenvalue weighted by molar-refractivity contribution is 5.98. The number of ketones is 2. The van der Waals surface area contributed by atoms with E-state index in [1.807, 2.05) is 18.2 Å². The van der Waals surface area contributed by atoms with Crippen molar-refractivity contribution in [1.29, 1.82) is 0 Å². The molecule has 0 unspecified atom stereocenters. The van der Waals surface area contributed by atoms with Gasteiger partial charge in [-0.05, 0) is 65.5 Å². The van der Waals surface area contributed by atoms with E-state index in [0.717, 1.165) is 11.1 Å². The van der Waals surface area contributed by atoms with Crippen LogP contribution in [0.3, 0.4) is 0 Å². The highest BCUT2D eigenvalue weighted by Crippen LogP contribution is 3.10. The SMILES string of the molecule is CC(=O)C12C3C4C1C1C2C3C41CNC(=O)c1cc(C(=O)NCc2ccc3c(c2)CC(=O)CO3)nc2ccnn12. The minimum absolute atomic E-state index is 0.0185. The predicted octanol–water partition coefficient (Wildman–Crippen LogP) is 1.22. The van der Waals surface area contributed by atoms with Crippen LogP contribution in [0.1, 0.15) is 39.0 Å². The van der Waals surface area contributed by atoms with Crippen molar-refractivity contribution < 1.29 is 23.9 Å². The molecule has 2 aromatic heterocycles. The summed E-state index contributed by atoms with van der Waals surface area (Å²) in [6.45, 7) is 2.70. The molecule has 196 valence electrons. The standard InChI is InChI=1S/C29H25N5O5/c1-12(35)29-23-20-24(29)22-25(29)21(23)28(20,22)11-31-27(38)17-8-16(33-19-4-5-32-34(17)19)26(37)30-9-13-2-3-18-14(6-13)7-15(36)10-39-18/h2-6,8,20-25H,7,9-11H2,1H3,(H,30,37)(H,31,38). The number of nitrogens with one attached hydrogen (secondary N) is 2.